The van der Waals surface area contributed by atoms with Gasteiger partial charge in [0, 0.05) is 23.4 Å². The SMILES string of the molecule is Nc1cc(S(=O)(=O)Nc2cc(Cl)ccn2)c(F)cc1F. The molecule has 20 heavy (non-hydrogen) atoms. The van der Waals surface area contributed by atoms with Crippen molar-refractivity contribution in [3.05, 3.63) is 47.1 Å². The Labute approximate surface area is 118 Å². The number of benzene rings is 1. The van der Waals surface area contributed by atoms with Crippen molar-refractivity contribution in [1.29, 1.82) is 0 Å². The standard InChI is InChI=1S/C11H8ClF2N3O2S/c12-6-1-2-16-11(3-6)17-20(18,19)10-5-9(15)7(13)4-8(10)14/h1-5H,15H2,(H,16,17). The molecule has 2 aromatic rings. The molecular formula is C11H8ClF2N3O2S. The minimum atomic E-state index is -4.29. The van der Waals surface area contributed by atoms with Crippen LogP contribution in [-0.2, 0) is 10.0 Å². The lowest BCUT2D eigenvalue weighted by Gasteiger charge is -2.09. The first-order chi connectivity index (χ1) is 9.29. The van der Waals surface area contributed by atoms with Crippen LogP contribution in [0.1, 0.15) is 0 Å². The summed E-state index contributed by atoms with van der Waals surface area (Å²) in [7, 11) is -4.29. The van der Waals surface area contributed by atoms with Crippen LogP contribution in [0, 0.1) is 11.6 Å². The highest BCUT2D eigenvalue weighted by Crippen LogP contribution is 2.23. The molecule has 0 aliphatic rings. The quantitative estimate of drug-likeness (QED) is 0.851. The van der Waals surface area contributed by atoms with E-state index in [1.54, 1.807) is 0 Å². The van der Waals surface area contributed by atoms with Gasteiger partial charge in [-0.3, -0.25) is 4.72 Å². The zero-order valence-electron chi connectivity index (χ0n) is 9.77. The minimum absolute atomic E-state index is 0.0974. The number of halogens is 3. The third-order valence-corrected chi connectivity index (χ3v) is 3.91. The number of nitrogen functional groups attached to an aromatic ring is 1. The molecule has 2 rings (SSSR count). The fourth-order valence-electron chi connectivity index (χ4n) is 1.40. The molecule has 0 amide bonds. The number of sulfonamides is 1. The van der Waals surface area contributed by atoms with E-state index < -0.39 is 32.2 Å². The van der Waals surface area contributed by atoms with Crippen LogP contribution in [0.15, 0.2) is 35.4 Å². The average molecular weight is 320 g/mol. The molecule has 106 valence electrons. The summed E-state index contributed by atoms with van der Waals surface area (Å²) in [6, 6.07) is 3.77. The molecule has 0 aliphatic heterocycles. The van der Waals surface area contributed by atoms with E-state index in [-0.39, 0.29) is 10.8 Å². The predicted octanol–water partition coefficient (Wildman–Crippen LogP) is 2.40. The summed E-state index contributed by atoms with van der Waals surface area (Å²) in [4.78, 5) is 2.94. The zero-order valence-corrected chi connectivity index (χ0v) is 11.3. The summed E-state index contributed by atoms with van der Waals surface area (Å²) < 4.78 is 52.6. The molecule has 5 nitrogen and oxygen atoms in total. The second-order valence-electron chi connectivity index (χ2n) is 3.77. The molecule has 0 radical (unpaired) electrons. The van der Waals surface area contributed by atoms with E-state index in [4.69, 9.17) is 17.3 Å². The lowest BCUT2D eigenvalue weighted by Crippen LogP contribution is -2.16. The Morgan fingerprint density at radius 3 is 2.55 bits per heavy atom. The summed E-state index contributed by atoms with van der Waals surface area (Å²) in [6.45, 7) is 0. The maximum Gasteiger partial charge on any atom is 0.266 e. The van der Waals surface area contributed by atoms with Gasteiger partial charge in [0.15, 0.2) is 0 Å². The van der Waals surface area contributed by atoms with Gasteiger partial charge in [-0.05, 0) is 12.1 Å². The molecular weight excluding hydrogens is 312 g/mol. The predicted molar refractivity (Wildman–Crippen MR) is 70.8 cm³/mol. The van der Waals surface area contributed by atoms with Crippen LogP contribution in [0.25, 0.3) is 0 Å². The summed E-state index contributed by atoms with van der Waals surface area (Å²) in [5.41, 5.74) is 4.75. The fraction of sp³-hybridized carbons (Fsp3) is 0. The van der Waals surface area contributed by atoms with Crippen molar-refractivity contribution in [2.24, 2.45) is 0 Å². The van der Waals surface area contributed by atoms with Gasteiger partial charge in [0.05, 0.1) is 5.69 Å². The van der Waals surface area contributed by atoms with Crippen molar-refractivity contribution >= 4 is 33.1 Å². The Bertz CT molecular complexity index is 768. The van der Waals surface area contributed by atoms with Crippen molar-refractivity contribution < 1.29 is 17.2 Å². The topological polar surface area (TPSA) is 85.1 Å². The largest absolute Gasteiger partial charge is 0.396 e. The van der Waals surface area contributed by atoms with Gasteiger partial charge in [0.1, 0.15) is 22.3 Å². The van der Waals surface area contributed by atoms with E-state index in [2.05, 4.69) is 4.98 Å². The van der Waals surface area contributed by atoms with Crippen LogP contribution in [0.4, 0.5) is 20.3 Å². The van der Waals surface area contributed by atoms with E-state index in [1.807, 2.05) is 4.72 Å². The Hall–Kier alpha value is -1.93. The van der Waals surface area contributed by atoms with Gasteiger partial charge in [-0.2, -0.15) is 0 Å². The first-order valence-corrected chi connectivity index (χ1v) is 7.04. The molecule has 0 saturated carbocycles. The first kappa shape index (κ1) is 14.5. The van der Waals surface area contributed by atoms with Crippen LogP contribution in [-0.4, -0.2) is 13.4 Å². The van der Waals surface area contributed by atoms with Crippen LogP contribution in [0.5, 0.6) is 0 Å². The minimum Gasteiger partial charge on any atom is -0.396 e. The van der Waals surface area contributed by atoms with Crippen molar-refractivity contribution in [3.8, 4) is 0 Å². The van der Waals surface area contributed by atoms with Gasteiger partial charge in [0.2, 0.25) is 0 Å². The maximum absolute atomic E-state index is 13.5. The van der Waals surface area contributed by atoms with E-state index >= 15 is 0 Å². The van der Waals surface area contributed by atoms with Gasteiger partial charge in [-0.1, -0.05) is 11.6 Å². The lowest BCUT2D eigenvalue weighted by molar-refractivity contribution is 0.553. The summed E-state index contributed by atoms with van der Waals surface area (Å²) >= 11 is 5.68. The molecule has 0 bridgehead atoms. The molecule has 0 saturated heterocycles. The lowest BCUT2D eigenvalue weighted by atomic mass is 10.3. The average Bonchev–Trinajstić information content (AvgIpc) is 2.33. The summed E-state index contributed by atoms with van der Waals surface area (Å²) in [5, 5.41) is 0.247. The third-order valence-electron chi connectivity index (χ3n) is 2.30. The van der Waals surface area contributed by atoms with Gasteiger partial charge < -0.3 is 5.73 Å². The molecule has 0 aliphatic carbocycles. The van der Waals surface area contributed by atoms with Crippen LogP contribution < -0.4 is 10.5 Å². The first-order valence-electron chi connectivity index (χ1n) is 5.18. The van der Waals surface area contributed by atoms with Gasteiger partial charge in [-0.15, -0.1) is 0 Å². The summed E-state index contributed by atoms with van der Waals surface area (Å²) in [6.07, 6.45) is 1.27. The fourth-order valence-corrected chi connectivity index (χ4v) is 2.66. The molecule has 0 atom stereocenters. The van der Waals surface area contributed by atoms with Gasteiger partial charge in [0.25, 0.3) is 10.0 Å². The zero-order chi connectivity index (χ0) is 14.9. The van der Waals surface area contributed by atoms with Gasteiger partial charge in [-0.25, -0.2) is 22.2 Å². The van der Waals surface area contributed by atoms with Crippen molar-refractivity contribution in [1.82, 2.24) is 4.98 Å². The molecule has 0 fully saturated rings. The number of hydrogen-bond donors (Lipinski definition) is 2. The number of nitrogens with two attached hydrogens (primary N) is 1. The second-order valence-corrected chi connectivity index (χ2v) is 5.86. The van der Waals surface area contributed by atoms with Crippen LogP contribution in [0.3, 0.4) is 0 Å². The Kier molecular flexibility index (Phi) is 3.78. The maximum atomic E-state index is 13.5. The second kappa shape index (κ2) is 5.22. The number of nitrogens with one attached hydrogen (secondary N) is 1. The highest BCUT2D eigenvalue weighted by Gasteiger charge is 2.22. The monoisotopic (exact) mass is 319 g/mol. The molecule has 0 spiro atoms. The third kappa shape index (κ3) is 2.97. The molecule has 9 heteroatoms. The molecule has 3 N–H and O–H groups in total. The Morgan fingerprint density at radius 1 is 1.20 bits per heavy atom. The summed E-state index contributed by atoms with van der Waals surface area (Å²) in [5.74, 6) is -2.40. The Morgan fingerprint density at radius 2 is 1.90 bits per heavy atom. The number of pyridine rings is 1. The Balaban J connectivity index is 2.43. The smallest absolute Gasteiger partial charge is 0.266 e. The molecule has 1 aromatic heterocycles. The number of hydrogen-bond acceptors (Lipinski definition) is 4. The number of anilines is 2. The molecule has 1 heterocycles. The molecule has 0 unspecified atom stereocenters. The van der Waals surface area contributed by atoms with E-state index in [9.17, 15) is 17.2 Å². The van der Waals surface area contributed by atoms with E-state index in [0.29, 0.717) is 12.1 Å². The van der Waals surface area contributed by atoms with E-state index in [0.717, 1.165) is 0 Å². The van der Waals surface area contributed by atoms with Crippen LogP contribution in [0.2, 0.25) is 5.02 Å². The number of aromatic nitrogens is 1. The number of nitrogens with zero attached hydrogens (tertiary/aromatic N) is 1. The van der Waals surface area contributed by atoms with E-state index in [1.165, 1.54) is 18.3 Å². The van der Waals surface area contributed by atoms with Crippen molar-refractivity contribution in [3.63, 3.8) is 0 Å². The highest BCUT2D eigenvalue weighted by molar-refractivity contribution is 7.92. The normalized spacial score (nSPS) is 11.3. The van der Waals surface area contributed by atoms with Crippen molar-refractivity contribution in [2.45, 2.75) is 4.90 Å². The number of rotatable bonds is 3. The molecule has 1 aromatic carbocycles. The highest BCUT2D eigenvalue weighted by atomic mass is 35.5. The van der Waals surface area contributed by atoms with Crippen molar-refractivity contribution in [2.75, 3.05) is 10.5 Å². The van der Waals surface area contributed by atoms with Gasteiger partial charge >= 0.3 is 0 Å². The van der Waals surface area contributed by atoms with Crippen LogP contribution >= 0.6 is 11.6 Å².